The summed E-state index contributed by atoms with van der Waals surface area (Å²) in [5.41, 5.74) is 8.31. The summed E-state index contributed by atoms with van der Waals surface area (Å²) in [6.45, 7) is 1.97. The number of amides is 1. The maximum Gasteiger partial charge on any atom is 0.240 e. The number of anilines is 1. The molecule has 1 unspecified atom stereocenters. The molecule has 1 atom stereocenters. The molecule has 1 aliphatic rings. The van der Waals surface area contributed by atoms with Gasteiger partial charge in [-0.25, -0.2) is 5.43 Å². The van der Waals surface area contributed by atoms with E-state index in [-0.39, 0.29) is 23.3 Å². The van der Waals surface area contributed by atoms with E-state index in [0.29, 0.717) is 12.0 Å². The van der Waals surface area contributed by atoms with E-state index < -0.39 is 0 Å². The van der Waals surface area contributed by atoms with Crippen molar-refractivity contribution in [3.05, 3.63) is 53.6 Å². The van der Waals surface area contributed by atoms with E-state index >= 15 is 0 Å². The van der Waals surface area contributed by atoms with Gasteiger partial charge in [-0.3, -0.25) is 10.2 Å². The number of aromatic hydroxyl groups is 2. The number of nitrogens with one attached hydrogen (secondary N) is 2. The van der Waals surface area contributed by atoms with Crippen LogP contribution in [0.2, 0.25) is 0 Å². The van der Waals surface area contributed by atoms with E-state index in [2.05, 4.69) is 21.1 Å². The molecule has 0 aromatic heterocycles. The van der Waals surface area contributed by atoms with Gasteiger partial charge in [-0.1, -0.05) is 19.1 Å². The van der Waals surface area contributed by atoms with Crippen molar-refractivity contribution in [2.45, 2.75) is 13.3 Å². The first-order valence-corrected chi connectivity index (χ1v) is 7.81. The van der Waals surface area contributed by atoms with Crippen LogP contribution in [0.4, 0.5) is 5.69 Å². The van der Waals surface area contributed by atoms with Crippen molar-refractivity contribution in [2.75, 3.05) is 5.43 Å². The fourth-order valence-electron chi connectivity index (χ4n) is 2.54. The number of rotatable bonds is 4. The van der Waals surface area contributed by atoms with E-state index in [1.165, 1.54) is 24.4 Å². The quantitative estimate of drug-likeness (QED) is 0.390. The minimum absolute atomic E-state index is 0.0324. The number of nitrogens with zero attached hydrogens (tertiary/aromatic N) is 2. The molecule has 25 heavy (non-hydrogen) atoms. The normalized spacial score (nSPS) is 17.2. The standard InChI is InChI=1S/C18H18N4O3/c1-11-8-17(25)21-22-18(11)12-2-4-14(5-3-12)20-19-10-13-9-15(23)6-7-16(13)24/h2-7,9-11,20,23-24H,8H2,1H3,(H,21,25). The van der Waals surface area contributed by atoms with Gasteiger partial charge in [-0.15, -0.1) is 0 Å². The highest BCUT2D eigenvalue weighted by Crippen LogP contribution is 2.21. The second-order valence-electron chi connectivity index (χ2n) is 5.83. The zero-order valence-electron chi connectivity index (χ0n) is 13.6. The molecule has 1 heterocycles. The highest BCUT2D eigenvalue weighted by atomic mass is 16.3. The predicted molar refractivity (Wildman–Crippen MR) is 95.9 cm³/mol. The van der Waals surface area contributed by atoms with E-state index in [1.54, 1.807) is 0 Å². The fourth-order valence-corrected chi connectivity index (χ4v) is 2.54. The topological polar surface area (TPSA) is 106 Å². The van der Waals surface area contributed by atoms with Crippen molar-refractivity contribution in [2.24, 2.45) is 16.1 Å². The second-order valence-corrected chi connectivity index (χ2v) is 5.83. The van der Waals surface area contributed by atoms with Crippen LogP contribution in [0, 0.1) is 5.92 Å². The van der Waals surface area contributed by atoms with Crippen LogP contribution in [0.25, 0.3) is 0 Å². The van der Waals surface area contributed by atoms with Gasteiger partial charge in [0.15, 0.2) is 0 Å². The maximum absolute atomic E-state index is 11.3. The predicted octanol–water partition coefficient (Wildman–Crippen LogP) is 2.40. The molecule has 0 saturated heterocycles. The van der Waals surface area contributed by atoms with Gasteiger partial charge in [0.05, 0.1) is 17.6 Å². The molecule has 1 amide bonds. The molecule has 0 saturated carbocycles. The van der Waals surface area contributed by atoms with Gasteiger partial charge in [-0.2, -0.15) is 10.2 Å². The Morgan fingerprint density at radius 2 is 2.00 bits per heavy atom. The lowest BCUT2D eigenvalue weighted by molar-refractivity contribution is -0.121. The van der Waals surface area contributed by atoms with E-state index in [4.69, 9.17) is 0 Å². The highest BCUT2D eigenvalue weighted by molar-refractivity contribution is 6.05. The van der Waals surface area contributed by atoms with E-state index in [1.807, 2.05) is 31.2 Å². The average molecular weight is 338 g/mol. The third-order valence-electron chi connectivity index (χ3n) is 3.85. The zero-order chi connectivity index (χ0) is 17.8. The minimum Gasteiger partial charge on any atom is -0.508 e. The van der Waals surface area contributed by atoms with Crippen molar-refractivity contribution in [3.8, 4) is 11.5 Å². The van der Waals surface area contributed by atoms with Crippen molar-refractivity contribution >= 4 is 23.5 Å². The summed E-state index contributed by atoms with van der Waals surface area (Å²) in [5, 5.41) is 27.3. The summed E-state index contributed by atoms with van der Waals surface area (Å²) in [6, 6.07) is 11.7. The molecule has 3 rings (SSSR count). The monoisotopic (exact) mass is 338 g/mol. The molecule has 0 radical (unpaired) electrons. The molecule has 0 fully saturated rings. The summed E-state index contributed by atoms with van der Waals surface area (Å²) in [7, 11) is 0. The Morgan fingerprint density at radius 1 is 1.24 bits per heavy atom. The maximum atomic E-state index is 11.3. The number of hydrogen-bond acceptors (Lipinski definition) is 6. The van der Waals surface area contributed by atoms with Gasteiger partial charge in [-0.05, 0) is 35.9 Å². The lowest BCUT2D eigenvalue weighted by atomic mass is 9.94. The fraction of sp³-hybridized carbons (Fsp3) is 0.167. The molecular formula is C18H18N4O3. The van der Waals surface area contributed by atoms with Gasteiger partial charge in [0.2, 0.25) is 5.91 Å². The lowest BCUT2D eigenvalue weighted by Gasteiger charge is -2.19. The molecule has 0 spiro atoms. The molecule has 4 N–H and O–H groups in total. The van der Waals surface area contributed by atoms with Crippen molar-refractivity contribution in [3.63, 3.8) is 0 Å². The van der Waals surface area contributed by atoms with Crippen LogP contribution in [0.3, 0.4) is 0 Å². The molecule has 7 nitrogen and oxygen atoms in total. The number of carbonyl (C=O) groups is 1. The Labute approximate surface area is 144 Å². The number of phenolic OH excluding ortho intramolecular Hbond substituents is 2. The SMILES string of the molecule is CC1CC(=O)NN=C1c1ccc(NN=Cc2cc(O)ccc2O)cc1. The van der Waals surface area contributed by atoms with Crippen molar-refractivity contribution < 1.29 is 15.0 Å². The Morgan fingerprint density at radius 3 is 2.72 bits per heavy atom. The third kappa shape index (κ3) is 3.95. The Bertz CT molecular complexity index is 844. The van der Waals surface area contributed by atoms with Crippen LogP contribution >= 0.6 is 0 Å². The first kappa shape index (κ1) is 16.5. The zero-order valence-corrected chi connectivity index (χ0v) is 13.6. The minimum atomic E-state index is -0.0703. The van der Waals surface area contributed by atoms with Gasteiger partial charge in [0, 0.05) is 17.9 Å². The Hall–Kier alpha value is -3.35. The lowest BCUT2D eigenvalue weighted by Crippen LogP contribution is -2.31. The summed E-state index contributed by atoms with van der Waals surface area (Å²) in [6.07, 6.45) is 1.85. The largest absolute Gasteiger partial charge is 0.508 e. The van der Waals surface area contributed by atoms with Crippen LogP contribution < -0.4 is 10.9 Å². The Balaban J connectivity index is 1.68. The van der Waals surface area contributed by atoms with Crippen LogP contribution in [0.1, 0.15) is 24.5 Å². The third-order valence-corrected chi connectivity index (χ3v) is 3.85. The molecule has 128 valence electrons. The smallest absolute Gasteiger partial charge is 0.240 e. The van der Waals surface area contributed by atoms with Gasteiger partial charge in [0.25, 0.3) is 0 Å². The molecule has 2 aromatic rings. The van der Waals surface area contributed by atoms with Gasteiger partial charge >= 0.3 is 0 Å². The van der Waals surface area contributed by atoms with Crippen LogP contribution in [0.15, 0.2) is 52.7 Å². The molecule has 2 aromatic carbocycles. The molecule has 0 aliphatic carbocycles. The van der Waals surface area contributed by atoms with Crippen LogP contribution in [-0.2, 0) is 4.79 Å². The first-order chi connectivity index (χ1) is 12.0. The molecule has 0 bridgehead atoms. The van der Waals surface area contributed by atoms with Crippen LogP contribution in [-0.4, -0.2) is 28.0 Å². The highest BCUT2D eigenvalue weighted by Gasteiger charge is 2.21. The summed E-state index contributed by atoms with van der Waals surface area (Å²) >= 11 is 0. The molecule has 7 heteroatoms. The molecular weight excluding hydrogens is 320 g/mol. The number of benzene rings is 2. The number of carbonyl (C=O) groups excluding carboxylic acids is 1. The number of hydrazone groups is 2. The van der Waals surface area contributed by atoms with Gasteiger partial charge < -0.3 is 10.2 Å². The van der Waals surface area contributed by atoms with E-state index in [0.717, 1.165) is 17.0 Å². The first-order valence-electron chi connectivity index (χ1n) is 7.81. The van der Waals surface area contributed by atoms with Crippen LogP contribution in [0.5, 0.6) is 11.5 Å². The summed E-state index contributed by atoms with van der Waals surface area (Å²) < 4.78 is 0. The van der Waals surface area contributed by atoms with Crippen molar-refractivity contribution in [1.82, 2.24) is 5.43 Å². The Kier molecular flexibility index (Phi) is 4.65. The van der Waals surface area contributed by atoms with E-state index in [9.17, 15) is 15.0 Å². The van der Waals surface area contributed by atoms with Crippen molar-refractivity contribution in [1.29, 1.82) is 0 Å². The number of hydrogen-bond donors (Lipinski definition) is 4. The number of phenols is 2. The average Bonchev–Trinajstić information content (AvgIpc) is 2.59. The summed E-state index contributed by atoms with van der Waals surface area (Å²) in [5.74, 6) is 0.0847. The molecule has 1 aliphatic heterocycles. The summed E-state index contributed by atoms with van der Waals surface area (Å²) in [4.78, 5) is 11.3. The van der Waals surface area contributed by atoms with Gasteiger partial charge in [0.1, 0.15) is 11.5 Å². The second kappa shape index (κ2) is 7.04.